The molecule has 3 aliphatic rings. The maximum Gasteiger partial charge on any atom is 0.130 e. The van der Waals surface area contributed by atoms with Gasteiger partial charge in [-0.05, 0) is 48.1 Å². The normalized spacial score (nSPS) is 22.5. The first-order chi connectivity index (χ1) is 17.3. The lowest BCUT2D eigenvalue weighted by molar-refractivity contribution is 0.260. The molecule has 0 radical (unpaired) electrons. The van der Waals surface area contributed by atoms with Gasteiger partial charge >= 0.3 is 0 Å². The summed E-state index contributed by atoms with van der Waals surface area (Å²) in [6.07, 6.45) is 16.0. The van der Waals surface area contributed by atoms with Crippen molar-refractivity contribution in [1.82, 2.24) is 0 Å². The van der Waals surface area contributed by atoms with Gasteiger partial charge in [0.2, 0.25) is 0 Å². The predicted octanol–water partition coefficient (Wildman–Crippen LogP) is 6.88. The second kappa shape index (κ2) is 11.9. The van der Waals surface area contributed by atoms with Crippen LogP contribution in [0.1, 0.15) is 68.1 Å². The fraction of sp³-hybridized carbons (Fsp3) is 0.484. The molecule has 2 heterocycles. The number of epoxide rings is 2. The lowest BCUT2D eigenvalue weighted by atomic mass is 9.87. The first-order valence-electron chi connectivity index (χ1n) is 13.4. The molecule has 0 spiro atoms. The largest absolute Gasteiger partial charge is 0.491 e. The Kier molecular flexibility index (Phi) is 8.22. The van der Waals surface area contributed by atoms with E-state index < -0.39 is 0 Å². The first-order valence-corrected chi connectivity index (χ1v) is 13.4. The summed E-state index contributed by atoms with van der Waals surface area (Å²) >= 11 is 0. The molecule has 0 aromatic heterocycles. The van der Waals surface area contributed by atoms with E-state index in [-0.39, 0.29) is 12.2 Å². The highest BCUT2D eigenvalue weighted by Gasteiger charge is 2.25. The number of para-hydroxylation sites is 1. The minimum Gasteiger partial charge on any atom is -0.491 e. The van der Waals surface area contributed by atoms with Gasteiger partial charge in [0.05, 0.1) is 13.2 Å². The van der Waals surface area contributed by atoms with Crippen LogP contribution in [-0.2, 0) is 15.9 Å². The van der Waals surface area contributed by atoms with Crippen LogP contribution in [0.15, 0.2) is 60.7 Å². The number of ether oxygens (including phenoxy) is 4. The molecular formula is C31H38O4. The van der Waals surface area contributed by atoms with Crippen LogP contribution in [0.3, 0.4) is 0 Å². The Morgan fingerprint density at radius 2 is 1.60 bits per heavy atom. The van der Waals surface area contributed by atoms with Gasteiger partial charge in [-0.2, -0.15) is 0 Å². The summed E-state index contributed by atoms with van der Waals surface area (Å²) in [5, 5.41) is 0. The summed E-state index contributed by atoms with van der Waals surface area (Å²) < 4.78 is 22.8. The number of aryl methyl sites for hydroxylation is 1. The lowest BCUT2D eigenvalue weighted by Gasteiger charge is -2.20. The Balaban J connectivity index is 1.24. The third kappa shape index (κ3) is 6.99. The maximum absolute atomic E-state index is 6.37. The van der Waals surface area contributed by atoms with Crippen molar-refractivity contribution in [2.24, 2.45) is 0 Å². The zero-order valence-corrected chi connectivity index (χ0v) is 20.9. The molecule has 4 nitrogen and oxygen atoms in total. The van der Waals surface area contributed by atoms with Crippen LogP contribution in [-0.4, -0.2) is 38.6 Å². The van der Waals surface area contributed by atoms with Crippen LogP contribution in [0, 0.1) is 0 Å². The summed E-state index contributed by atoms with van der Waals surface area (Å²) in [4.78, 5) is 0. The summed E-state index contributed by atoms with van der Waals surface area (Å²) in [5.74, 6) is 2.34. The van der Waals surface area contributed by atoms with Crippen molar-refractivity contribution in [1.29, 1.82) is 0 Å². The average Bonchev–Trinajstić information content (AvgIpc) is 3.82. The summed E-state index contributed by atoms with van der Waals surface area (Å²) in [6, 6.07) is 15.1. The number of benzene rings is 2. The third-order valence-corrected chi connectivity index (χ3v) is 7.02. The van der Waals surface area contributed by atoms with E-state index in [2.05, 4.69) is 67.6 Å². The average molecular weight is 475 g/mol. The smallest absolute Gasteiger partial charge is 0.130 e. The quantitative estimate of drug-likeness (QED) is 0.221. The molecule has 1 aliphatic carbocycles. The standard InChI is InChI=1S/C31H38O4/c1-2-3-4-5-6-8-26-9-7-10-30(31(26)35-22-29-21-34-29)25-13-11-23(12-14-25)24-15-17-27(18-16-24)32-19-28-20-33-28/h7,9-11,13-18,23,28-29H,2-6,8,12,19-22H2,1H3. The van der Waals surface area contributed by atoms with Crippen LogP contribution < -0.4 is 9.47 Å². The molecule has 0 amide bonds. The minimum atomic E-state index is 0.254. The fourth-order valence-electron chi connectivity index (χ4n) is 4.67. The number of hydrogen-bond donors (Lipinski definition) is 0. The highest BCUT2D eigenvalue weighted by Crippen LogP contribution is 2.37. The minimum absolute atomic E-state index is 0.254. The van der Waals surface area contributed by atoms with Gasteiger partial charge in [0, 0.05) is 11.5 Å². The fourth-order valence-corrected chi connectivity index (χ4v) is 4.67. The zero-order valence-electron chi connectivity index (χ0n) is 20.9. The van der Waals surface area contributed by atoms with Gasteiger partial charge < -0.3 is 18.9 Å². The van der Waals surface area contributed by atoms with E-state index >= 15 is 0 Å². The third-order valence-electron chi connectivity index (χ3n) is 7.02. The second-order valence-corrected chi connectivity index (χ2v) is 9.92. The van der Waals surface area contributed by atoms with E-state index in [4.69, 9.17) is 18.9 Å². The van der Waals surface area contributed by atoms with Gasteiger partial charge in [0.25, 0.3) is 0 Å². The van der Waals surface area contributed by atoms with Crippen molar-refractivity contribution in [3.8, 4) is 11.5 Å². The molecule has 2 aromatic rings. The molecule has 3 unspecified atom stereocenters. The Labute approximate surface area is 209 Å². The van der Waals surface area contributed by atoms with Gasteiger partial charge in [-0.3, -0.25) is 0 Å². The number of hydrogen-bond acceptors (Lipinski definition) is 4. The highest BCUT2D eigenvalue weighted by molar-refractivity contribution is 5.79. The van der Waals surface area contributed by atoms with Crippen LogP contribution >= 0.6 is 0 Å². The molecule has 2 aliphatic heterocycles. The number of allylic oxidation sites excluding steroid dienone is 4. The van der Waals surface area contributed by atoms with Crippen LogP contribution in [0.2, 0.25) is 0 Å². The van der Waals surface area contributed by atoms with Crippen molar-refractivity contribution in [3.63, 3.8) is 0 Å². The Bertz CT molecular complexity index is 1010. The van der Waals surface area contributed by atoms with E-state index in [1.807, 2.05) is 0 Å². The number of rotatable bonds is 14. The zero-order chi connectivity index (χ0) is 23.9. The molecule has 4 heteroatoms. The summed E-state index contributed by atoms with van der Waals surface area (Å²) in [7, 11) is 0. The number of unbranched alkanes of at least 4 members (excludes halogenated alkanes) is 4. The van der Waals surface area contributed by atoms with E-state index in [9.17, 15) is 0 Å². The molecule has 0 N–H and O–H groups in total. The predicted molar refractivity (Wildman–Crippen MR) is 140 cm³/mol. The van der Waals surface area contributed by atoms with Crippen molar-refractivity contribution in [2.75, 3.05) is 26.4 Å². The molecule has 35 heavy (non-hydrogen) atoms. The lowest BCUT2D eigenvalue weighted by Crippen LogP contribution is -2.08. The van der Waals surface area contributed by atoms with Crippen molar-refractivity contribution >= 4 is 5.57 Å². The van der Waals surface area contributed by atoms with Gasteiger partial charge in [0.15, 0.2) is 0 Å². The SMILES string of the molecule is CCCCCCCc1cccc(C2=CCC(c3ccc(OCC4CO4)cc3)C=C2)c1OCC1CO1. The molecule has 186 valence electrons. The van der Waals surface area contributed by atoms with Crippen LogP contribution in [0.25, 0.3) is 5.57 Å². The van der Waals surface area contributed by atoms with E-state index in [0.29, 0.717) is 19.1 Å². The van der Waals surface area contributed by atoms with Gasteiger partial charge in [-0.25, -0.2) is 0 Å². The second-order valence-electron chi connectivity index (χ2n) is 9.92. The maximum atomic E-state index is 6.37. The Hall–Kier alpha value is -2.56. The summed E-state index contributed by atoms with van der Waals surface area (Å²) in [5.41, 5.74) is 5.10. The molecule has 2 saturated heterocycles. The van der Waals surface area contributed by atoms with Crippen molar-refractivity contribution < 1.29 is 18.9 Å². The van der Waals surface area contributed by atoms with E-state index in [1.54, 1.807) is 0 Å². The molecule has 3 atom stereocenters. The Morgan fingerprint density at radius 3 is 2.29 bits per heavy atom. The van der Waals surface area contributed by atoms with E-state index in [1.165, 1.54) is 54.4 Å². The first kappa shape index (κ1) is 24.1. The van der Waals surface area contributed by atoms with Crippen LogP contribution in [0.5, 0.6) is 11.5 Å². The molecule has 2 fully saturated rings. The molecule has 5 rings (SSSR count). The van der Waals surface area contributed by atoms with Crippen molar-refractivity contribution in [3.05, 3.63) is 77.4 Å². The van der Waals surface area contributed by atoms with Crippen LogP contribution in [0.4, 0.5) is 0 Å². The molecule has 0 saturated carbocycles. The highest BCUT2D eigenvalue weighted by atomic mass is 16.6. The van der Waals surface area contributed by atoms with Crippen molar-refractivity contribution in [2.45, 2.75) is 70.0 Å². The van der Waals surface area contributed by atoms with Gasteiger partial charge in [0.1, 0.15) is 36.9 Å². The molecular weight excluding hydrogens is 436 g/mol. The summed E-state index contributed by atoms with van der Waals surface area (Å²) in [6.45, 7) is 5.19. The molecule has 0 bridgehead atoms. The van der Waals surface area contributed by atoms with Gasteiger partial charge in [-0.15, -0.1) is 0 Å². The van der Waals surface area contributed by atoms with E-state index in [0.717, 1.165) is 37.6 Å². The van der Waals surface area contributed by atoms with Gasteiger partial charge in [-0.1, -0.05) is 81.2 Å². The monoisotopic (exact) mass is 474 g/mol. The molecule has 2 aromatic carbocycles. The Morgan fingerprint density at radius 1 is 0.857 bits per heavy atom. The topological polar surface area (TPSA) is 43.5 Å².